The third kappa shape index (κ3) is 2.95. The maximum atomic E-state index is 9.93. The van der Waals surface area contributed by atoms with E-state index in [0.29, 0.717) is 37.9 Å². The van der Waals surface area contributed by atoms with Crippen molar-refractivity contribution >= 4 is 11.6 Å². The van der Waals surface area contributed by atoms with Crippen molar-refractivity contribution < 1.29 is 14.3 Å². The standard InChI is InChI=1S/C10H14ClNO3/c11-9-2-1-8(15-9)5-12-6-10(13)3-4-14-7-10/h1-2,12-13H,3-7H2. The lowest BCUT2D eigenvalue weighted by molar-refractivity contribution is 0.0265. The van der Waals surface area contributed by atoms with Crippen molar-refractivity contribution in [2.45, 2.75) is 18.6 Å². The lowest BCUT2D eigenvalue weighted by atomic mass is 10.0. The summed E-state index contributed by atoms with van der Waals surface area (Å²) in [5, 5.41) is 13.4. The van der Waals surface area contributed by atoms with Gasteiger partial charge in [-0.1, -0.05) is 0 Å². The molecule has 1 aromatic heterocycles. The Kier molecular flexibility index (Phi) is 3.31. The summed E-state index contributed by atoms with van der Waals surface area (Å²) in [4.78, 5) is 0. The third-order valence-corrected chi connectivity index (χ3v) is 2.67. The molecule has 2 rings (SSSR count). The van der Waals surface area contributed by atoms with Gasteiger partial charge < -0.3 is 19.6 Å². The molecular formula is C10H14ClNO3. The minimum absolute atomic E-state index is 0.384. The second-order valence-corrected chi connectivity index (χ2v) is 4.21. The van der Waals surface area contributed by atoms with E-state index in [4.69, 9.17) is 20.8 Å². The summed E-state index contributed by atoms with van der Waals surface area (Å²) in [5.74, 6) is 0.766. The van der Waals surface area contributed by atoms with Crippen LogP contribution >= 0.6 is 11.6 Å². The molecule has 1 fully saturated rings. The van der Waals surface area contributed by atoms with Gasteiger partial charge in [0.15, 0.2) is 5.22 Å². The zero-order chi connectivity index (χ0) is 10.7. The number of hydrogen-bond acceptors (Lipinski definition) is 4. The summed E-state index contributed by atoms with van der Waals surface area (Å²) in [6.07, 6.45) is 0.679. The maximum absolute atomic E-state index is 9.93. The van der Waals surface area contributed by atoms with E-state index < -0.39 is 5.60 Å². The zero-order valence-electron chi connectivity index (χ0n) is 8.33. The molecule has 5 heteroatoms. The largest absolute Gasteiger partial charge is 0.448 e. The van der Waals surface area contributed by atoms with E-state index in [0.717, 1.165) is 5.76 Å². The molecule has 0 bridgehead atoms. The molecule has 0 amide bonds. The van der Waals surface area contributed by atoms with E-state index in [1.165, 1.54) is 0 Å². The highest BCUT2D eigenvalue weighted by Gasteiger charge is 2.31. The molecule has 84 valence electrons. The molecule has 0 radical (unpaired) electrons. The van der Waals surface area contributed by atoms with Crippen molar-refractivity contribution in [1.29, 1.82) is 0 Å². The van der Waals surface area contributed by atoms with Crippen LogP contribution in [0.15, 0.2) is 16.5 Å². The average Bonchev–Trinajstić information content (AvgIpc) is 2.76. The summed E-state index contributed by atoms with van der Waals surface area (Å²) >= 11 is 5.63. The molecule has 1 aromatic rings. The Morgan fingerprint density at radius 1 is 1.53 bits per heavy atom. The second-order valence-electron chi connectivity index (χ2n) is 3.84. The maximum Gasteiger partial charge on any atom is 0.193 e. The quantitative estimate of drug-likeness (QED) is 0.817. The number of aliphatic hydroxyl groups is 1. The topological polar surface area (TPSA) is 54.6 Å². The van der Waals surface area contributed by atoms with Gasteiger partial charge in [-0.15, -0.1) is 0 Å². The van der Waals surface area contributed by atoms with Crippen LogP contribution < -0.4 is 5.32 Å². The Morgan fingerprint density at radius 2 is 2.40 bits per heavy atom. The average molecular weight is 232 g/mol. The van der Waals surface area contributed by atoms with Crippen LogP contribution in [0.2, 0.25) is 5.22 Å². The van der Waals surface area contributed by atoms with Gasteiger partial charge in [0.25, 0.3) is 0 Å². The van der Waals surface area contributed by atoms with Crippen LogP contribution in [-0.2, 0) is 11.3 Å². The molecule has 1 aliphatic heterocycles. The van der Waals surface area contributed by atoms with Crippen LogP contribution in [0.4, 0.5) is 0 Å². The molecule has 15 heavy (non-hydrogen) atoms. The molecule has 1 saturated heterocycles. The summed E-state index contributed by atoms with van der Waals surface area (Å²) in [7, 11) is 0. The number of ether oxygens (including phenoxy) is 1. The SMILES string of the molecule is OC1(CNCc2ccc(Cl)o2)CCOC1. The van der Waals surface area contributed by atoms with Gasteiger partial charge in [0.2, 0.25) is 0 Å². The summed E-state index contributed by atoms with van der Waals surface area (Å²) in [5.41, 5.74) is -0.726. The second kappa shape index (κ2) is 4.53. The van der Waals surface area contributed by atoms with Crippen molar-refractivity contribution in [2.24, 2.45) is 0 Å². The van der Waals surface area contributed by atoms with Gasteiger partial charge in [-0.3, -0.25) is 0 Å². The van der Waals surface area contributed by atoms with E-state index >= 15 is 0 Å². The first-order chi connectivity index (χ1) is 7.18. The number of rotatable bonds is 4. The fourth-order valence-corrected chi connectivity index (χ4v) is 1.76. The third-order valence-electron chi connectivity index (χ3n) is 2.46. The van der Waals surface area contributed by atoms with E-state index in [2.05, 4.69) is 5.32 Å². The Hall–Kier alpha value is -0.550. The summed E-state index contributed by atoms with van der Waals surface area (Å²) in [6.45, 7) is 2.10. The molecule has 1 unspecified atom stereocenters. The minimum Gasteiger partial charge on any atom is -0.448 e. The van der Waals surface area contributed by atoms with Gasteiger partial charge >= 0.3 is 0 Å². The van der Waals surface area contributed by atoms with Gasteiger partial charge in [0, 0.05) is 19.6 Å². The summed E-state index contributed by atoms with van der Waals surface area (Å²) in [6, 6.07) is 3.51. The van der Waals surface area contributed by atoms with Crippen LogP contribution in [0, 0.1) is 0 Å². The highest BCUT2D eigenvalue weighted by Crippen LogP contribution is 2.17. The monoisotopic (exact) mass is 231 g/mol. The van der Waals surface area contributed by atoms with Crippen LogP contribution in [-0.4, -0.2) is 30.5 Å². The van der Waals surface area contributed by atoms with Crippen molar-refractivity contribution in [3.8, 4) is 0 Å². The normalized spacial score (nSPS) is 26.0. The lowest BCUT2D eigenvalue weighted by Crippen LogP contribution is -2.40. The van der Waals surface area contributed by atoms with Gasteiger partial charge in [0.1, 0.15) is 11.4 Å². The zero-order valence-corrected chi connectivity index (χ0v) is 9.09. The highest BCUT2D eigenvalue weighted by atomic mass is 35.5. The first kappa shape index (κ1) is 11.0. The smallest absolute Gasteiger partial charge is 0.193 e. The van der Waals surface area contributed by atoms with Crippen LogP contribution in [0.5, 0.6) is 0 Å². The Morgan fingerprint density at radius 3 is 3.00 bits per heavy atom. The molecule has 0 aliphatic carbocycles. The minimum atomic E-state index is -0.726. The Bertz CT molecular complexity index is 320. The van der Waals surface area contributed by atoms with Gasteiger partial charge in [0.05, 0.1) is 13.2 Å². The number of nitrogens with one attached hydrogen (secondary N) is 1. The van der Waals surface area contributed by atoms with Crippen LogP contribution in [0.25, 0.3) is 0 Å². The molecule has 0 saturated carbocycles. The van der Waals surface area contributed by atoms with Gasteiger partial charge in [-0.25, -0.2) is 0 Å². The molecule has 1 atom stereocenters. The highest BCUT2D eigenvalue weighted by molar-refractivity contribution is 6.28. The lowest BCUT2D eigenvalue weighted by Gasteiger charge is -2.20. The first-order valence-corrected chi connectivity index (χ1v) is 5.31. The van der Waals surface area contributed by atoms with Gasteiger partial charge in [-0.2, -0.15) is 0 Å². The fourth-order valence-electron chi connectivity index (χ4n) is 1.60. The van der Waals surface area contributed by atoms with Crippen LogP contribution in [0.1, 0.15) is 12.2 Å². The fraction of sp³-hybridized carbons (Fsp3) is 0.600. The summed E-state index contributed by atoms with van der Waals surface area (Å²) < 4.78 is 10.3. The first-order valence-electron chi connectivity index (χ1n) is 4.93. The van der Waals surface area contributed by atoms with E-state index in [1.54, 1.807) is 6.07 Å². The Labute approximate surface area is 93.2 Å². The number of hydrogen-bond donors (Lipinski definition) is 2. The van der Waals surface area contributed by atoms with Crippen LogP contribution in [0.3, 0.4) is 0 Å². The molecular weight excluding hydrogens is 218 g/mol. The number of halogens is 1. The predicted octanol–water partition coefficient (Wildman–Crippen LogP) is 1.17. The molecule has 1 aliphatic rings. The van der Waals surface area contributed by atoms with Crippen molar-refractivity contribution in [3.63, 3.8) is 0 Å². The van der Waals surface area contributed by atoms with Gasteiger partial charge in [-0.05, 0) is 23.7 Å². The van der Waals surface area contributed by atoms with E-state index in [9.17, 15) is 5.11 Å². The molecule has 0 aromatic carbocycles. The number of furan rings is 1. The molecule has 2 N–H and O–H groups in total. The molecule has 0 spiro atoms. The van der Waals surface area contributed by atoms with Crippen molar-refractivity contribution in [1.82, 2.24) is 5.32 Å². The Balaban J connectivity index is 1.75. The van der Waals surface area contributed by atoms with Crippen molar-refractivity contribution in [2.75, 3.05) is 19.8 Å². The molecule has 2 heterocycles. The predicted molar refractivity (Wildman–Crippen MR) is 55.8 cm³/mol. The molecule has 4 nitrogen and oxygen atoms in total. The van der Waals surface area contributed by atoms with E-state index in [-0.39, 0.29) is 0 Å². The van der Waals surface area contributed by atoms with Crippen molar-refractivity contribution in [3.05, 3.63) is 23.1 Å². The van der Waals surface area contributed by atoms with E-state index in [1.807, 2.05) is 6.07 Å².